The summed E-state index contributed by atoms with van der Waals surface area (Å²) in [7, 11) is 1.53. The van der Waals surface area contributed by atoms with Crippen molar-refractivity contribution in [3.63, 3.8) is 0 Å². The van der Waals surface area contributed by atoms with Gasteiger partial charge in [0.15, 0.2) is 11.0 Å². The lowest BCUT2D eigenvalue weighted by atomic mass is 10.2. The van der Waals surface area contributed by atoms with E-state index in [4.69, 9.17) is 22.1 Å². The maximum absolute atomic E-state index is 12.4. The molecule has 144 valence electrons. The van der Waals surface area contributed by atoms with E-state index in [1.807, 2.05) is 18.2 Å². The SMILES string of the molecule is COc1ccc(C(=O)Nc2c(N)nc(SCc3ccccc3Cl)[nH]c2=O)cc1. The second-order valence-corrected chi connectivity index (χ2v) is 7.07. The molecule has 1 aromatic heterocycles. The summed E-state index contributed by atoms with van der Waals surface area (Å²) in [6.45, 7) is 0. The number of anilines is 2. The number of nitrogen functional groups attached to an aromatic ring is 1. The van der Waals surface area contributed by atoms with Gasteiger partial charge < -0.3 is 15.8 Å². The fraction of sp³-hybridized carbons (Fsp3) is 0.105. The van der Waals surface area contributed by atoms with Gasteiger partial charge in [-0.15, -0.1) is 0 Å². The lowest BCUT2D eigenvalue weighted by molar-refractivity contribution is 0.102. The quantitative estimate of drug-likeness (QED) is 0.418. The van der Waals surface area contributed by atoms with Crippen molar-refractivity contribution in [1.82, 2.24) is 9.97 Å². The number of carbonyl (C=O) groups excluding carboxylic acids is 1. The summed E-state index contributed by atoms with van der Waals surface area (Å²) in [5.74, 6) is 0.598. The molecule has 9 heteroatoms. The lowest BCUT2D eigenvalue weighted by Crippen LogP contribution is -2.23. The van der Waals surface area contributed by atoms with Gasteiger partial charge in [-0.1, -0.05) is 41.6 Å². The number of H-pyrrole nitrogens is 1. The highest BCUT2D eigenvalue weighted by Gasteiger charge is 2.14. The van der Waals surface area contributed by atoms with Crippen LogP contribution in [-0.4, -0.2) is 23.0 Å². The molecular formula is C19H17ClN4O3S. The number of hydrogen-bond donors (Lipinski definition) is 3. The maximum Gasteiger partial charge on any atom is 0.277 e. The third-order valence-corrected chi connectivity index (χ3v) is 5.13. The van der Waals surface area contributed by atoms with Gasteiger partial charge in [0, 0.05) is 16.3 Å². The summed E-state index contributed by atoms with van der Waals surface area (Å²) >= 11 is 7.41. The van der Waals surface area contributed by atoms with E-state index in [2.05, 4.69) is 15.3 Å². The Balaban J connectivity index is 1.73. The Bertz CT molecular complexity index is 1050. The molecule has 1 heterocycles. The largest absolute Gasteiger partial charge is 0.497 e. The van der Waals surface area contributed by atoms with Crippen LogP contribution in [0.3, 0.4) is 0 Å². The third kappa shape index (κ3) is 4.65. The number of ether oxygens (including phenoxy) is 1. The second kappa shape index (κ2) is 8.81. The summed E-state index contributed by atoms with van der Waals surface area (Å²) in [6, 6.07) is 13.9. The van der Waals surface area contributed by atoms with Crippen molar-refractivity contribution in [2.75, 3.05) is 18.2 Å². The number of nitrogens with one attached hydrogen (secondary N) is 2. The minimum atomic E-state index is -0.531. The number of aromatic amines is 1. The van der Waals surface area contributed by atoms with Crippen molar-refractivity contribution in [2.45, 2.75) is 10.9 Å². The Hall–Kier alpha value is -2.97. The molecule has 0 unspecified atom stereocenters. The molecule has 0 aliphatic heterocycles. The monoisotopic (exact) mass is 416 g/mol. The van der Waals surface area contributed by atoms with Crippen molar-refractivity contribution in [3.05, 3.63) is 75.0 Å². The molecule has 7 nitrogen and oxygen atoms in total. The summed E-state index contributed by atoms with van der Waals surface area (Å²) in [4.78, 5) is 31.5. The first kappa shape index (κ1) is 19.8. The first-order valence-electron chi connectivity index (χ1n) is 8.19. The minimum Gasteiger partial charge on any atom is -0.497 e. The molecule has 0 fully saturated rings. The number of nitrogens with zero attached hydrogens (tertiary/aromatic N) is 1. The number of amides is 1. The standard InChI is InChI=1S/C19H17ClN4O3S/c1-27-13-8-6-11(7-9-13)17(25)22-15-16(21)23-19(24-18(15)26)28-10-12-4-2-3-5-14(12)20/h2-9H,10H2,1H3,(H,22,25)(H3,21,23,24,26). The number of carbonyl (C=O) groups is 1. The number of hydrogen-bond acceptors (Lipinski definition) is 6. The Labute approximate surface area is 170 Å². The van der Waals surface area contributed by atoms with Crippen LogP contribution in [0, 0.1) is 0 Å². The van der Waals surface area contributed by atoms with Crippen LogP contribution in [0.15, 0.2) is 58.5 Å². The summed E-state index contributed by atoms with van der Waals surface area (Å²) in [5.41, 5.74) is 6.53. The summed E-state index contributed by atoms with van der Waals surface area (Å²) < 4.78 is 5.05. The Morgan fingerprint density at radius 3 is 2.61 bits per heavy atom. The van der Waals surface area contributed by atoms with E-state index in [9.17, 15) is 9.59 Å². The molecule has 0 saturated heterocycles. The molecule has 0 spiro atoms. The van der Waals surface area contributed by atoms with Crippen LogP contribution in [0.2, 0.25) is 5.02 Å². The van der Waals surface area contributed by atoms with Crippen molar-refractivity contribution >= 4 is 40.8 Å². The van der Waals surface area contributed by atoms with Gasteiger partial charge >= 0.3 is 0 Å². The van der Waals surface area contributed by atoms with Crippen LogP contribution in [0.4, 0.5) is 11.5 Å². The van der Waals surface area contributed by atoms with Gasteiger partial charge in [0.2, 0.25) is 0 Å². The van der Waals surface area contributed by atoms with Gasteiger partial charge in [-0.2, -0.15) is 0 Å². The highest BCUT2D eigenvalue weighted by molar-refractivity contribution is 7.98. The van der Waals surface area contributed by atoms with Gasteiger partial charge in [0.1, 0.15) is 11.4 Å². The number of thioether (sulfide) groups is 1. The zero-order valence-electron chi connectivity index (χ0n) is 14.9. The van der Waals surface area contributed by atoms with Crippen LogP contribution < -0.4 is 21.3 Å². The van der Waals surface area contributed by atoms with Gasteiger partial charge in [-0.25, -0.2) is 4.98 Å². The third-order valence-electron chi connectivity index (χ3n) is 3.84. The molecule has 0 radical (unpaired) electrons. The lowest BCUT2D eigenvalue weighted by Gasteiger charge is -2.09. The van der Waals surface area contributed by atoms with E-state index in [1.54, 1.807) is 30.3 Å². The highest BCUT2D eigenvalue weighted by atomic mass is 35.5. The van der Waals surface area contributed by atoms with E-state index in [0.29, 0.717) is 27.2 Å². The molecule has 0 saturated carbocycles. The van der Waals surface area contributed by atoms with Crippen molar-refractivity contribution in [3.8, 4) is 5.75 Å². The van der Waals surface area contributed by atoms with Crippen molar-refractivity contribution in [1.29, 1.82) is 0 Å². The number of benzene rings is 2. The summed E-state index contributed by atoms with van der Waals surface area (Å²) in [6.07, 6.45) is 0. The second-order valence-electron chi connectivity index (χ2n) is 5.69. The zero-order valence-corrected chi connectivity index (χ0v) is 16.4. The maximum atomic E-state index is 12.4. The predicted octanol–water partition coefficient (Wildman–Crippen LogP) is 3.56. The Kier molecular flexibility index (Phi) is 6.23. The normalized spacial score (nSPS) is 10.5. The number of methoxy groups -OCH3 is 1. The summed E-state index contributed by atoms with van der Waals surface area (Å²) in [5, 5.41) is 3.47. The zero-order chi connectivity index (χ0) is 20.1. The average Bonchev–Trinajstić information content (AvgIpc) is 2.70. The first-order chi connectivity index (χ1) is 13.5. The van der Waals surface area contributed by atoms with Gasteiger partial charge in [0.05, 0.1) is 7.11 Å². The molecule has 4 N–H and O–H groups in total. The molecule has 0 bridgehead atoms. The minimum absolute atomic E-state index is 0.0627. The number of aromatic nitrogens is 2. The van der Waals surface area contributed by atoms with Crippen LogP contribution in [0.25, 0.3) is 0 Å². The predicted molar refractivity (Wildman–Crippen MR) is 111 cm³/mol. The molecule has 0 aliphatic carbocycles. The molecule has 28 heavy (non-hydrogen) atoms. The van der Waals surface area contributed by atoms with E-state index < -0.39 is 11.5 Å². The Morgan fingerprint density at radius 2 is 1.96 bits per heavy atom. The number of rotatable bonds is 6. The van der Waals surface area contributed by atoms with Crippen molar-refractivity contribution < 1.29 is 9.53 Å². The van der Waals surface area contributed by atoms with E-state index in [-0.39, 0.29) is 11.5 Å². The average molecular weight is 417 g/mol. The van der Waals surface area contributed by atoms with E-state index in [0.717, 1.165) is 5.56 Å². The molecular weight excluding hydrogens is 400 g/mol. The number of nitrogens with two attached hydrogens (primary N) is 1. The molecule has 3 rings (SSSR count). The molecule has 0 atom stereocenters. The smallest absolute Gasteiger partial charge is 0.277 e. The topological polar surface area (TPSA) is 110 Å². The van der Waals surface area contributed by atoms with Crippen LogP contribution in [0.5, 0.6) is 5.75 Å². The van der Waals surface area contributed by atoms with Crippen LogP contribution in [-0.2, 0) is 5.75 Å². The van der Waals surface area contributed by atoms with Gasteiger partial charge in [0.25, 0.3) is 11.5 Å². The first-order valence-corrected chi connectivity index (χ1v) is 9.55. The fourth-order valence-electron chi connectivity index (χ4n) is 2.35. The molecule has 0 aliphatic rings. The fourth-order valence-corrected chi connectivity index (χ4v) is 3.50. The molecule has 2 aromatic carbocycles. The van der Waals surface area contributed by atoms with E-state index in [1.165, 1.54) is 18.9 Å². The Morgan fingerprint density at radius 1 is 1.25 bits per heavy atom. The van der Waals surface area contributed by atoms with Crippen LogP contribution in [0.1, 0.15) is 15.9 Å². The van der Waals surface area contributed by atoms with Gasteiger partial charge in [-0.3, -0.25) is 14.6 Å². The number of halogens is 1. The molecule has 3 aromatic rings. The highest BCUT2D eigenvalue weighted by Crippen LogP contribution is 2.25. The molecule has 1 amide bonds. The van der Waals surface area contributed by atoms with Gasteiger partial charge in [-0.05, 0) is 35.9 Å². The van der Waals surface area contributed by atoms with E-state index >= 15 is 0 Å². The van der Waals surface area contributed by atoms with Crippen molar-refractivity contribution in [2.24, 2.45) is 0 Å². The van der Waals surface area contributed by atoms with Crippen LogP contribution >= 0.6 is 23.4 Å².